The zero-order valence-corrected chi connectivity index (χ0v) is 33.2. The van der Waals surface area contributed by atoms with Gasteiger partial charge in [0.15, 0.2) is 17.5 Å². The molecule has 0 bridgehead atoms. The molecule has 2 aliphatic heterocycles. The summed E-state index contributed by atoms with van der Waals surface area (Å²) in [5.41, 5.74) is 20.8. The average Bonchev–Trinajstić information content (AvgIpc) is 3.76. The van der Waals surface area contributed by atoms with Gasteiger partial charge in [0.2, 0.25) is 0 Å². The third kappa shape index (κ3) is 6.93. The molecular weight excluding hydrogens is 743 g/mol. The Morgan fingerprint density at radius 3 is 1.30 bits per heavy atom. The van der Waals surface area contributed by atoms with Crippen LogP contribution in [0.5, 0.6) is 0 Å². The van der Waals surface area contributed by atoms with Crippen LogP contribution in [0, 0.1) is 0 Å². The zero-order chi connectivity index (χ0) is 40.5. The molecule has 0 saturated heterocycles. The third-order valence-electron chi connectivity index (χ3n) is 11.5. The van der Waals surface area contributed by atoms with Crippen molar-refractivity contribution in [1.82, 2.24) is 25.4 Å². The number of aromatic nitrogens is 3. The van der Waals surface area contributed by atoms with E-state index in [1.54, 1.807) is 0 Å². The van der Waals surface area contributed by atoms with Crippen LogP contribution in [0.1, 0.15) is 33.9 Å². The second kappa shape index (κ2) is 15.6. The Hall–Kier alpha value is -7.99. The molecule has 5 nitrogen and oxygen atoms in total. The number of hydrogen-bond acceptors (Lipinski definition) is 5. The molecule has 3 heterocycles. The Morgan fingerprint density at radius 1 is 0.361 bits per heavy atom. The molecule has 11 rings (SSSR count). The van der Waals surface area contributed by atoms with E-state index in [1.807, 2.05) is 36.4 Å². The lowest BCUT2D eigenvalue weighted by Gasteiger charge is -2.31. The maximum Gasteiger partial charge on any atom is 0.164 e. The molecule has 0 amide bonds. The Bertz CT molecular complexity index is 3060. The molecule has 0 fully saturated rings. The van der Waals surface area contributed by atoms with Crippen LogP contribution < -0.4 is 5.43 Å². The van der Waals surface area contributed by atoms with Gasteiger partial charge < -0.3 is 0 Å². The summed E-state index contributed by atoms with van der Waals surface area (Å²) in [5.74, 6) is 1.91. The van der Waals surface area contributed by atoms with Gasteiger partial charge in [-0.25, -0.2) is 20.4 Å². The third-order valence-corrected chi connectivity index (χ3v) is 11.5. The van der Waals surface area contributed by atoms with Crippen molar-refractivity contribution in [2.75, 3.05) is 0 Å². The van der Waals surface area contributed by atoms with Crippen molar-refractivity contribution < 1.29 is 0 Å². The predicted molar refractivity (Wildman–Crippen MR) is 249 cm³/mol. The number of hydrogen-bond donors (Lipinski definition) is 1. The molecule has 0 saturated carbocycles. The normalized spacial score (nSPS) is 14.3. The molecule has 1 aromatic heterocycles. The van der Waals surface area contributed by atoms with E-state index in [-0.39, 0.29) is 6.04 Å². The summed E-state index contributed by atoms with van der Waals surface area (Å²) in [5, 5.41) is 2.30. The minimum atomic E-state index is -0.0316. The highest BCUT2D eigenvalue weighted by molar-refractivity contribution is 6.05. The second-order valence-corrected chi connectivity index (χ2v) is 15.3. The van der Waals surface area contributed by atoms with Crippen molar-refractivity contribution in [3.8, 4) is 56.4 Å². The van der Waals surface area contributed by atoms with Crippen molar-refractivity contribution >= 4 is 23.0 Å². The lowest BCUT2D eigenvalue weighted by Crippen LogP contribution is -2.33. The molecule has 1 atom stereocenters. The van der Waals surface area contributed by atoms with Crippen LogP contribution in [0.15, 0.2) is 218 Å². The van der Waals surface area contributed by atoms with Gasteiger partial charge in [-0.3, -0.25) is 5.01 Å². The van der Waals surface area contributed by atoms with Crippen molar-refractivity contribution in [3.05, 3.63) is 246 Å². The van der Waals surface area contributed by atoms with Gasteiger partial charge in [0.1, 0.15) is 0 Å². The Kier molecular flexibility index (Phi) is 9.26. The quantitative estimate of drug-likeness (QED) is 0.166. The largest absolute Gasteiger partial charge is 0.274 e. The van der Waals surface area contributed by atoms with Crippen LogP contribution in [0.4, 0.5) is 0 Å². The summed E-state index contributed by atoms with van der Waals surface area (Å²) < 4.78 is 0. The molecule has 2 aliphatic rings. The topological polar surface area (TPSA) is 53.9 Å². The molecule has 0 spiro atoms. The summed E-state index contributed by atoms with van der Waals surface area (Å²) in [7, 11) is 0. The number of nitrogens with one attached hydrogen (secondary N) is 1. The number of fused-ring (bicyclic) bond motifs is 3. The molecule has 0 aliphatic carbocycles. The van der Waals surface area contributed by atoms with Crippen molar-refractivity contribution in [3.63, 3.8) is 0 Å². The van der Waals surface area contributed by atoms with Crippen LogP contribution in [-0.2, 0) is 0 Å². The highest BCUT2D eigenvalue weighted by Gasteiger charge is 2.38. The first-order valence-corrected chi connectivity index (χ1v) is 20.6. The summed E-state index contributed by atoms with van der Waals surface area (Å²) >= 11 is 0. The van der Waals surface area contributed by atoms with E-state index < -0.39 is 0 Å². The molecule has 8 aromatic carbocycles. The lowest BCUT2D eigenvalue weighted by atomic mass is 9.87. The van der Waals surface area contributed by atoms with E-state index in [1.165, 1.54) is 39.1 Å². The monoisotopic (exact) mass is 781 g/mol. The number of hydrazine groups is 1. The molecular formula is C56H39N5. The van der Waals surface area contributed by atoms with Gasteiger partial charge in [0.05, 0.1) is 17.4 Å². The van der Waals surface area contributed by atoms with E-state index in [0.717, 1.165) is 44.6 Å². The fraction of sp³-hybridized carbons (Fsp3) is 0.0179. The standard InChI is InChI=1S/C56H39N5/c1-6-16-38(17-7-1)39-26-30-45(31-27-39)55-57-54(44-24-14-5-15-25-44)58-56(59-55)46-32-28-40(29-33-46)47-34-35-49-48(36-47)37-50(41-18-8-2-9-19-41)61-53(49)51(42-20-10-3-11-21-42)52(60-61)43-22-12-4-13-23-43/h1-37,52,60H. The highest BCUT2D eigenvalue weighted by atomic mass is 15.6. The second-order valence-electron chi connectivity index (χ2n) is 15.3. The van der Waals surface area contributed by atoms with Crippen LogP contribution in [0.25, 0.3) is 79.5 Å². The van der Waals surface area contributed by atoms with Crippen LogP contribution in [0.3, 0.4) is 0 Å². The van der Waals surface area contributed by atoms with Gasteiger partial charge in [-0.05, 0) is 56.6 Å². The molecule has 9 aromatic rings. The lowest BCUT2D eigenvalue weighted by molar-refractivity contribution is 0.405. The zero-order valence-electron chi connectivity index (χ0n) is 33.2. The first-order valence-electron chi connectivity index (χ1n) is 20.6. The minimum absolute atomic E-state index is 0.0316. The van der Waals surface area contributed by atoms with Crippen LogP contribution in [0.2, 0.25) is 0 Å². The van der Waals surface area contributed by atoms with Crippen molar-refractivity contribution in [2.45, 2.75) is 6.04 Å². The number of rotatable bonds is 8. The molecule has 0 radical (unpaired) electrons. The van der Waals surface area contributed by atoms with E-state index >= 15 is 0 Å². The summed E-state index contributed by atoms with van der Waals surface area (Å²) in [4.78, 5) is 15.0. The SMILES string of the molecule is C1=C(c2ccccc2)N2NC(c3ccccc3)C(c3ccccc3)=C2c2ccc(-c3ccc(-c4nc(-c5ccccc5)nc(-c5ccc(-c6ccccc6)cc5)n4)cc3)cc21. The summed E-state index contributed by atoms with van der Waals surface area (Å²) in [6.45, 7) is 0. The van der Waals surface area contributed by atoms with Crippen molar-refractivity contribution in [1.29, 1.82) is 0 Å². The van der Waals surface area contributed by atoms with E-state index in [9.17, 15) is 0 Å². The highest BCUT2D eigenvalue weighted by Crippen LogP contribution is 2.50. The smallest absolute Gasteiger partial charge is 0.164 e. The van der Waals surface area contributed by atoms with E-state index in [4.69, 9.17) is 15.0 Å². The van der Waals surface area contributed by atoms with Gasteiger partial charge in [0, 0.05) is 27.8 Å². The maximum atomic E-state index is 5.04. The maximum absolute atomic E-state index is 5.04. The predicted octanol–water partition coefficient (Wildman–Crippen LogP) is 13.1. The average molecular weight is 782 g/mol. The van der Waals surface area contributed by atoms with E-state index in [2.05, 4.69) is 199 Å². The fourth-order valence-electron chi connectivity index (χ4n) is 8.49. The Labute approximate surface area is 355 Å². The molecule has 1 N–H and O–H groups in total. The summed E-state index contributed by atoms with van der Waals surface area (Å²) in [6.07, 6.45) is 2.32. The number of nitrogens with zero attached hydrogens (tertiary/aromatic N) is 4. The minimum Gasteiger partial charge on any atom is -0.274 e. The number of benzene rings is 8. The van der Waals surface area contributed by atoms with Crippen LogP contribution >= 0.6 is 0 Å². The van der Waals surface area contributed by atoms with Gasteiger partial charge in [-0.1, -0.05) is 212 Å². The fourth-order valence-corrected chi connectivity index (χ4v) is 8.49. The first-order chi connectivity index (χ1) is 30.2. The van der Waals surface area contributed by atoms with Gasteiger partial charge >= 0.3 is 0 Å². The van der Waals surface area contributed by atoms with Crippen LogP contribution in [-0.4, -0.2) is 20.0 Å². The molecule has 1 unspecified atom stereocenters. The Morgan fingerprint density at radius 2 is 0.754 bits per heavy atom. The first kappa shape index (κ1) is 36.1. The van der Waals surface area contributed by atoms with Gasteiger partial charge in [0.25, 0.3) is 0 Å². The molecule has 5 heteroatoms. The molecule has 288 valence electrons. The molecule has 61 heavy (non-hydrogen) atoms. The van der Waals surface area contributed by atoms with Crippen molar-refractivity contribution in [2.24, 2.45) is 0 Å². The summed E-state index contributed by atoms with van der Waals surface area (Å²) in [6, 6.07) is 76.5. The van der Waals surface area contributed by atoms with E-state index in [0.29, 0.717) is 17.5 Å². The van der Waals surface area contributed by atoms with Gasteiger partial charge in [-0.2, -0.15) is 0 Å². The Balaban J connectivity index is 0.987. The van der Waals surface area contributed by atoms with Gasteiger partial charge in [-0.15, -0.1) is 0 Å².